The minimum absolute atomic E-state index is 0.277. The molecular formula is C22H24N4O3. The fraction of sp³-hybridized carbons (Fsp3) is 0.318. The fourth-order valence-corrected chi connectivity index (χ4v) is 3.73. The van der Waals surface area contributed by atoms with E-state index in [2.05, 4.69) is 15.3 Å². The Bertz CT molecular complexity index is 956. The average molecular weight is 392 g/mol. The van der Waals surface area contributed by atoms with E-state index < -0.39 is 6.10 Å². The normalized spacial score (nSPS) is 21.1. The molecule has 29 heavy (non-hydrogen) atoms. The number of aliphatic hydroxyl groups excluding tert-OH is 1. The van der Waals surface area contributed by atoms with Crippen LogP contribution in [0.3, 0.4) is 0 Å². The Labute approximate surface area is 169 Å². The van der Waals surface area contributed by atoms with E-state index >= 15 is 0 Å². The van der Waals surface area contributed by atoms with E-state index in [0.29, 0.717) is 23.8 Å². The summed E-state index contributed by atoms with van der Waals surface area (Å²) in [7, 11) is 0. The lowest BCUT2D eigenvalue weighted by Gasteiger charge is -2.16. The Kier molecular flexibility index (Phi) is 5.57. The number of rotatable bonds is 6. The van der Waals surface area contributed by atoms with Crippen LogP contribution >= 0.6 is 0 Å². The second-order valence-corrected chi connectivity index (χ2v) is 7.49. The van der Waals surface area contributed by atoms with E-state index in [1.165, 1.54) is 6.20 Å². The van der Waals surface area contributed by atoms with Crippen molar-refractivity contribution >= 4 is 5.91 Å². The van der Waals surface area contributed by atoms with E-state index in [1.54, 1.807) is 24.7 Å². The molecule has 0 spiro atoms. The highest BCUT2D eigenvalue weighted by Gasteiger charge is 2.34. The minimum Gasteiger partial charge on any atom is -0.455 e. The number of aliphatic hydroxyl groups is 1. The standard InChI is InChI=1S/C22H24N4O3/c1-15-4-2-3-5-21(15)29-17-6-7-18(24-12-17)22(28)25-19-10-16(11-20(19)27)13-26-9-8-23-14-26/h2-9,12,14,16,19-20,27H,10-11,13H2,1H3,(H,25,28)/t16?,19-,20-/m1/s1. The predicted octanol–water partition coefficient (Wildman–Crippen LogP) is 2.95. The number of ether oxygens (including phenoxy) is 1. The smallest absolute Gasteiger partial charge is 0.270 e. The highest BCUT2D eigenvalue weighted by atomic mass is 16.5. The number of pyridine rings is 1. The molecule has 2 heterocycles. The first-order chi connectivity index (χ1) is 14.1. The molecule has 7 nitrogen and oxygen atoms in total. The second kappa shape index (κ2) is 8.45. The Balaban J connectivity index is 1.34. The number of aryl methyl sites for hydroxylation is 1. The van der Waals surface area contributed by atoms with Gasteiger partial charge in [-0.05, 0) is 49.4 Å². The van der Waals surface area contributed by atoms with Crippen LogP contribution in [-0.2, 0) is 6.54 Å². The number of benzene rings is 1. The number of para-hydroxylation sites is 1. The fourth-order valence-electron chi connectivity index (χ4n) is 3.73. The Morgan fingerprint density at radius 2 is 2.14 bits per heavy atom. The molecule has 1 aliphatic rings. The van der Waals surface area contributed by atoms with Gasteiger partial charge in [0, 0.05) is 18.9 Å². The number of nitrogens with one attached hydrogen (secondary N) is 1. The van der Waals surface area contributed by atoms with Gasteiger partial charge in [-0.25, -0.2) is 9.97 Å². The third kappa shape index (κ3) is 4.63. The summed E-state index contributed by atoms with van der Waals surface area (Å²) in [6, 6.07) is 10.8. The number of imidazole rings is 1. The largest absolute Gasteiger partial charge is 0.455 e. The van der Waals surface area contributed by atoms with Crippen LogP contribution < -0.4 is 10.1 Å². The maximum absolute atomic E-state index is 12.6. The van der Waals surface area contributed by atoms with Crippen molar-refractivity contribution in [1.82, 2.24) is 19.9 Å². The van der Waals surface area contributed by atoms with E-state index in [4.69, 9.17) is 4.74 Å². The lowest BCUT2D eigenvalue weighted by molar-refractivity contribution is 0.0868. The van der Waals surface area contributed by atoms with Crippen LogP contribution in [0.15, 0.2) is 61.3 Å². The zero-order valence-corrected chi connectivity index (χ0v) is 16.2. The molecule has 1 aromatic carbocycles. The van der Waals surface area contributed by atoms with Crippen LogP contribution in [0.2, 0.25) is 0 Å². The summed E-state index contributed by atoms with van der Waals surface area (Å²) in [6.07, 6.45) is 7.76. The molecule has 0 radical (unpaired) electrons. The number of aromatic nitrogens is 3. The molecule has 0 bridgehead atoms. The molecule has 1 unspecified atom stereocenters. The molecule has 1 saturated carbocycles. The monoisotopic (exact) mass is 392 g/mol. The first kappa shape index (κ1) is 19.1. The lowest BCUT2D eigenvalue weighted by Crippen LogP contribution is -2.40. The predicted molar refractivity (Wildman–Crippen MR) is 108 cm³/mol. The van der Waals surface area contributed by atoms with Gasteiger partial charge in [0.25, 0.3) is 5.91 Å². The Morgan fingerprint density at radius 3 is 2.86 bits per heavy atom. The molecule has 2 aromatic heterocycles. The minimum atomic E-state index is -0.559. The number of carbonyl (C=O) groups is 1. The van der Waals surface area contributed by atoms with Crippen molar-refractivity contribution < 1.29 is 14.6 Å². The third-order valence-corrected chi connectivity index (χ3v) is 5.26. The van der Waals surface area contributed by atoms with Gasteiger partial charge in [-0.2, -0.15) is 0 Å². The highest BCUT2D eigenvalue weighted by Crippen LogP contribution is 2.28. The quantitative estimate of drug-likeness (QED) is 0.673. The summed E-state index contributed by atoms with van der Waals surface area (Å²) in [5.41, 5.74) is 1.32. The molecule has 1 aliphatic carbocycles. The van der Waals surface area contributed by atoms with Gasteiger partial charge in [0.1, 0.15) is 17.2 Å². The molecule has 7 heteroatoms. The number of amides is 1. The summed E-state index contributed by atoms with van der Waals surface area (Å²) in [5.74, 6) is 1.32. The second-order valence-electron chi connectivity index (χ2n) is 7.49. The molecule has 4 rings (SSSR count). The SMILES string of the molecule is Cc1ccccc1Oc1ccc(C(=O)N[C@@H]2CC(Cn3ccnc3)C[C@H]2O)nc1. The molecule has 3 atom stereocenters. The number of nitrogens with zero attached hydrogens (tertiary/aromatic N) is 3. The number of hydrogen-bond donors (Lipinski definition) is 2. The Hall–Kier alpha value is -3.19. The van der Waals surface area contributed by atoms with Crippen LogP contribution in [0.25, 0.3) is 0 Å². The average Bonchev–Trinajstić information content (AvgIpc) is 3.34. The van der Waals surface area contributed by atoms with Gasteiger partial charge in [0.05, 0.1) is 24.7 Å². The molecule has 1 fully saturated rings. The summed E-state index contributed by atoms with van der Waals surface area (Å²) in [6.45, 7) is 2.75. The van der Waals surface area contributed by atoms with Crippen molar-refractivity contribution in [2.45, 2.75) is 38.5 Å². The summed E-state index contributed by atoms with van der Waals surface area (Å²) in [5, 5.41) is 13.3. The van der Waals surface area contributed by atoms with Crippen LogP contribution in [0.5, 0.6) is 11.5 Å². The maximum Gasteiger partial charge on any atom is 0.270 e. The van der Waals surface area contributed by atoms with Crippen molar-refractivity contribution in [2.75, 3.05) is 0 Å². The maximum atomic E-state index is 12.6. The molecule has 0 aliphatic heterocycles. The van der Waals surface area contributed by atoms with Gasteiger partial charge in [0.2, 0.25) is 0 Å². The van der Waals surface area contributed by atoms with E-state index in [9.17, 15) is 9.90 Å². The van der Waals surface area contributed by atoms with Gasteiger partial charge < -0.3 is 19.7 Å². The van der Waals surface area contributed by atoms with Gasteiger partial charge >= 0.3 is 0 Å². The molecule has 2 N–H and O–H groups in total. The van der Waals surface area contributed by atoms with Gasteiger partial charge in [-0.15, -0.1) is 0 Å². The van der Waals surface area contributed by atoms with Crippen LogP contribution in [0, 0.1) is 12.8 Å². The lowest BCUT2D eigenvalue weighted by atomic mass is 10.1. The van der Waals surface area contributed by atoms with Crippen LogP contribution in [0.1, 0.15) is 28.9 Å². The molecule has 0 saturated heterocycles. The first-order valence-electron chi connectivity index (χ1n) is 9.72. The van der Waals surface area contributed by atoms with Gasteiger partial charge in [0.15, 0.2) is 0 Å². The van der Waals surface area contributed by atoms with Crippen molar-refractivity contribution in [3.05, 3.63) is 72.6 Å². The van der Waals surface area contributed by atoms with Crippen molar-refractivity contribution in [3.63, 3.8) is 0 Å². The number of hydrogen-bond acceptors (Lipinski definition) is 5. The molecule has 3 aromatic rings. The zero-order valence-electron chi connectivity index (χ0n) is 16.2. The molecule has 150 valence electrons. The Morgan fingerprint density at radius 1 is 1.28 bits per heavy atom. The summed E-state index contributed by atoms with van der Waals surface area (Å²) >= 11 is 0. The van der Waals surface area contributed by atoms with Gasteiger partial charge in [-0.3, -0.25) is 4.79 Å². The summed E-state index contributed by atoms with van der Waals surface area (Å²) < 4.78 is 7.81. The summed E-state index contributed by atoms with van der Waals surface area (Å²) in [4.78, 5) is 20.8. The van der Waals surface area contributed by atoms with E-state index in [1.807, 2.05) is 42.0 Å². The van der Waals surface area contributed by atoms with E-state index in [0.717, 1.165) is 24.3 Å². The first-order valence-corrected chi connectivity index (χ1v) is 9.72. The van der Waals surface area contributed by atoms with Gasteiger partial charge in [-0.1, -0.05) is 18.2 Å². The van der Waals surface area contributed by atoms with Crippen LogP contribution in [-0.4, -0.2) is 37.7 Å². The number of carbonyl (C=O) groups excluding carboxylic acids is 1. The topological polar surface area (TPSA) is 89.3 Å². The molecular weight excluding hydrogens is 368 g/mol. The van der Waals surface area contributed by atoms with Crippen molar-refractivity contribution in [1.29, 1.82) is 0 Å². The molecule has 1 amide bonds. The zero-order chi connectivity index (χ0) is 20.2. The van der Waals surface area contributed by atoms with E-state index in [-0.39, 0.29) is 11.9 Å². The van der Waals surface area contributed by atoms with Crippen molar-refractivity contribution in [3.8, 4) is 11.5 Å². The highest BCUT2D eigenvalue weighted by molar-refractivity contribution is 5.92. The van der Waals surface area contributed by atoms with Crippen LogP contribution in [0.4, 0.5) is 0 Å². The van der Waals surface area contributed by atoms with Crippen molar-refractivity contribution in [2.24, 2.45) is 5.92 Å². The third-order valence-electron chi connectivity index (χ3n) is 5.26.